The summed E-state index contributed by atoms with van der Waals surface area (Å²) in [6.45, 7) is 4.73. The van der Waals surface area contributed by atoms with Crippen LogP contribution in [0.5, 0.6) is 0 Å². The lowest BCUT2D eigenvalue weighted by Crippen LogP contribution is -2.39. The van der Waals surface area contributed by atoms with Crippen LogP contribution < -0.4 is 4.90 Å². The number of nitriles is 1. The molecule has 2 aliphatic rings. The average Bonchev–Trinajstić information content (AvgIpc) is 3.42. The van der Waals surface area contributed by atoms with E-state index >= 15 is 0 Å². The van der Waals surface area contributed by atoms with E-state index < -0.39 is 23.7 Å². The number of anilines is 1. The fourth-order valence-electron chi connectivity index (χ4n) is 5.10. The first-order chi connectivity index (χ1) is 16.8. The fourth-order valence-corrected chi connectivity index (χ4v) is 5.10. The Labute approximate surface area is 201 Å². The van der Waals surface area contributed by atoms with Crippen molar-refractivity contribution in [2.24, 2.45) is 5.92 Å². The van der Waals surface area contributed by atoms with Gasteiger partial charge in [-0.25, -0.2) is 18.3 Å². The van der Waals surface area contributed by atoms with Crippen molar-refractivity contribution in [1.82, 2.24) is 19.5 Å². The van der Waals surface area contributed by atoms with Crippen LogP contribution in [0, 0.1) is 42.7 Å². The Kier molecular flexibility index (Phi) is 5.89. The molecule has 10 heteroatoms. The topological polar surface area (TPSA) is 97.8 Å². The number of aryl methyl sites for hydroxylation is 2. The Bertz CT molecular complexity index is 1350. The number of amides is 1. The second-order valence-corrected chi connectivity index (χ2v) is 9.42. The fraction of sp³-hybridized carbons (Fsp3) is 0.440. The molecule has 0 unspecified atom stereocenters. The van der Waals surface area contributed by atoms with Crippen molar-refractivity contribution >= 4 is 17.4 Å². The number of carbonyl (C=O) groups is 1. The highest BCUT2D eigenvalue weighted by Gasteiger charge is 2.34. The van der Waals surface area contributed by atoms with Crippen LogP contribution in [-0.4, -0.2) is 56.2 Å². The molecule has 4 heterocycles. The minimum atomic E-state index is -1.04. The van der Waals surface area contributed by atoms with Crippen molar-refractivity contribution < 1.29 is 18.7 Å². The normalized spacial score (nSPS) is 22.6. The summed E-state index contributed by atoms with van der Waals surface area (Å²) in [4.78, 5) is 21.7. The summed E-state index contributed by atoms with van der Waals surface area (Å²) < 4.78 is 29.2. The summed E-state index contributed by atoms with van der Waals surface area (Å²) in [6.07, 6.45) is 3.56. The number of aliphatic hydroxyl groups excluding tert-OH is 1. The predicted octanol–water partition coefficient (Wildman–Crippen LogP) is 3.31. The van der Waals surface area contributed by atoms with Gasteiger partial charge in [-0.1, -0.05) is 0 Å². The quantitative estimate of drug-likeness (QED) is 0.618. The second kappa shape index (κ2) is 8.89. The van der Waals surface area contributed by atoms with Crippen LogP contribution in [0.3, 0.4) is 0 Å². The maximum atomic E-state index is 13.9. The van der Waals surface area contributed by atoms with Gasteiger partial charge in [0.15, 0.2) is 17.3 Å². The zero-order valence-corrected chi connectivity index (χ0v) is 19.6. The first-order valence-electron chi connectivity index (χ1n) is 11.7. The number of piperidine rings is 1. The first-order valence-corrected chi connectivity index (χ1v) is 11.7. The van der Waals surface area contributed by atoms with E-state index in [1.807, 2.05) is 24.1 Å². The van der Waals surface area contributed by atoms with E-state index in [1.54, 1.807) is 16.3 Å². The molecule has 0 bridgehead atoms. The zero-order valence-electron chi connectivity index (χ0n) is 19.6. The lowest BCUT2D eigenvalue weighted by molar-refractivity contribution is 0.0604. The molecule has 0 aliphatic carbocycles. The Morgan fingerprint density at radius 1 is 1.14 bits per heavy atom. The highest BCUT2D eigenvalue weighted by molar-refractivity contribution is 5.96. The minimum Gasteiger partial charge on any atom is -0.390 e. The summed E-state index contributed by atoms with van der Waals surface area (Å²) in [5.74, 6) is -2.14. The van der Waals surface area contributed by atoms with E-state index in [9.17, 15) is 23.9 Å². The van der Waals surface area contributed by atoms with Gasteiger partial charge in [-0.05, 0) is 50.8 Å². The number of hydrogen-bond donors (Lipinski definition) is 1. The van der Waals surface area contributed by atoms with Gasteiger partial charge < -0.3 is 14.9 Å². The Hall–Kier alpha value is -3.58. The van der Waals surface area contributed by atoms with Gasteiger partial charge in [-0.3, -0.25) is 4.79 Å². The van der Waals surface area contributed by atoms with Gasteiger partial charge in [0, 0.05) is 43.0 Å². The van der Waals surface area contributed by atoms with E-state index in [0.29, 0.717) is 48.8 Å². The molecule has 3 aromatic rings. The van der Waals surface area contributed by atoms with Crippen LogP contribution in [0.15, 0.2) is 24.4 Å². The maximum Gasteiger partial charge on any atom is 0.254 e. The summed E-state index contributed by atoms with van der Waals surface area (Å²) in [7, 11) is 0. The number of likely N-dealkylation sites (tertiary alicyclic amines) is 1. The van der Waals surface area contributed by atoms with E-state index in [4.69, 9.17) is 10.1 Å². The molecule has 2 fully saturated rings. The van der Waals surface area contributed by atoms with E-state index in [-0.39, 0.29) is 17.5 Å². The van der Waals surface area contributed by atoms with Crippen LogP contribution in [0.25, 0.3) is 5.65 Å². The zero-order chi connectivity index (χ0) is 24.9. The number of nitrogens with zero attached hydrogens (tertiary/aromatic N) is 6. The smallest absolute Gasteiger partial charge is 0.254 e. The lowest BCUT2D eigenvalue weighted by atomic mass is 9.97. The van der Waals surface area contributed by atoms with E-state index in [1.165, 1.54) is 0 Å². The van der Waals surface area contributed by atoms with Crippen molar-refractivity contribution in [3.63, 3.8) is 0 Å². The van der Waals surface area contributed by atoms with Gasteiger partial charge in [0.25, 0.3) is 5.91 Å². The molecule has 35 heavy (non-hydrogen) atoms. The number of fused-ring (bicyclic) bond motifs is 1. The molecule has 2 saturated heterocycles. The molecule has 1 amide bonds. The Balaban J connectivity index is 1.47. The number of hydrogen-bond acceptors (Lipinski definition) is 6. The van der Waals surface area contributed by atoms with Crippen molar-refractivity contribution in [3.05, 3.63) is 58.4 Å². The molecular weight excluding hydrogens is 454 g/mol. The van der Waals surface area contributed by atoms with Crippen LogP contribution in [0.1, 0.15) is 52.5 Å². The first kappa shape index (κ1) is 23.2. The average molecular weight is 481 g/mol. The van der Waals surface area contributed by atoms with Crippen molar-refractivity contribution in [2.75, 3.05) is 24.5 Å². The molecule has 0 radical (unpaired) electrons. The Morgan fingerprint density at radius 3 is 2.66 bits per heavy atom. The number of aliphatic hydroxyl groups is 1. The van der Waals surface area contributed by atoms with Gasteiger partial charge in [0.05, 0.1) is 29.8 Å². The lowest BCUT2D eigenvalue weighted by Gasteiger charge is -2.35. The molecule has 182 valence electrons. The third-order valence-electron chi connectivity index (χ3n) is 6.98. The summed E-state index contributed by atoms with van der Waals surface area (Å²) in [6, 6.07) is 5.68. The molecule has 0 spiro atoms. The molecule has 3 atom stereocenters. The highest BCUT2D eigenvalue weighted by atomic mass is 19.2. The van der Waals surface area contributed by atoms with E-state index in [2.05, 4.69) is 6.07 Å². The number of benzene rings is 1. The van der Waals surface area contributed by atoms with Crippen LogP contribution in [-0.2, 0) is 0 Å². The Morgan fingerprint density at radius 2 is 1.91 bits per heavy atom. The molecule has 0 saturated carbocycles. The standard InChI is InChI=1S/C25H26F2N6O2/c1-14-7-18(26)19(27)8-17(14)25(35)32-6-4-3-5-21(32)20-9-23-29-24(15(2)11-33(23)30-20)31-12-16(10-28)22(34)13-31/h7-9,11,16,21-22,34H,3-6,12-13H2,1-2H3/t16-,21+,22+/m1/s1. The minimum absolute atomic E-state index is 0.149. The summed E-state index contributed by atoms with van der Waals surface area (Å²) >= 11 is 0. The van der Waals surface area contributed by atoms with Crippen LogP contribution >= 0.6 is 0 Å². The predicted molar refractivity (Wildman–Crippen MR) is 124 cm³/mol. The third-order valence-corrected chi connectivity index (χ3v) is 6.98. The number of carbonyl (C=O) groups excluding carboxylic acids is 1. The summed E-state index contributed by atoms with van der Waals surface area (Å²) in [5, 5.41) is 24.1. The molecule has 2 aliphatic heterocycles. The van der Waals surface area contributed by atoms with Gasteiger partial charge in [0.2, 0.25) is 0 Å². The van der Waals surface area contributed by atoms with Crippen molar-refractivity contribution in [3.8, 4) is 6.07 Å². The number of halogens is 2. The van der Waals surface area contributed by atoms with Gasteiger partial charge in [-0.2, -0.15) is 10.4 Å². The largest absolute Gasteiger partial charge is 0.390 e. The van der Waals surface area contributed by atoms with Gasteiger partial charge in [-0.15, -0.1) is 0 Å². The maximum absolute atomic E-state index is 13.9. The molecule has 2 aromatic heterocycles. The number of β-amino-alcohol motifs (C(OH)–C–C–N with tert-alkyl or cyclic N) is 1. The van der Waals surface area contributed by atoms with Gasteiger partial charge in [0.1, 0.15) is 5.82 Å². The molecule has 8 nitrogen and oxygen atoms in total. The van der Waals surface area contributed by atoms with Crippen LogP contribution in [0.2, 0.25) is 0 Å². The van der Waals surface area contributed by atoms with Crippen molar-refractivity contribution in [1.29, 1.82) is 5.26 Å². The highest BCUT2D eigenvalue weighted by Crippen LogP contribution is 2.33. The molecular formula is C25H26F2N6O2. The van der Waals surface area contributed by atoms with Crippen molar-refractivity contribution in [2.45, 2.75) is 45.3 Å². The van der Waals surface area contributed by atoms with Crippen LogP contribution in [0.4, 0.5) is 14.6 Å². The molecule has 5 rings (SSSR count). The monoisotopic (exact) mass is 480 g/mol. The van der Waals surface area contributed by atoms with E-state index in [0.717, 1.165) is 30.5 Å². The number of rotatable bonds is 3. The van der Waals surface area contributed by atoms with Gasteiger partial charge >= 0.3 is 0 Å². The molecule has 1 N–H and O–H groups in total. The summed E-state index contributed by atoms with van der Waals surface area (Å²) in [5.41, 5.74) is 2.66. The molecule has 1 aromatic carbocycles. The SMILES string of the molecule is Cc1cc(F)c(F)cc1C(=O)N1CCCC[C@H]1c1cc2nc(N3C[C@@H](C#N)[C@@H](O)C3)c(C)cn2n1. The number of aromatic nitrogens is 3. The second-order valence-electron chi connectivity index (χ2n) is 9.42. The third kappa shape index (κ3) is 4.10.